The zero-order chi connectivity index (χ0) is 18.6. The number of nitrogens with one attached hydrogen (secondary N) is 2. The summed E-state index contributed by atoms with van der Waals surface area (Å²) in [7, 11) is 1.58. The van der Waals surface area contributed by atoms with Crippen molar-refractivity contribution in [3.05, 3.63) is 52.5 Å². The van der Waals surface area contributed by atoms with Crippen molar-refractivity contribution >= 4 is 28.9 Å². The van der Waals surface area contributed by atoms with Crippen molar-refractivity contribution in [2.24, 2.45) is 0 Å². The van der Waals surface area contributed by atoms with Crippen LogP contribution >= 0.6 is 11.6 Å². The first-order valence-electron chi connectivity index (χ1n) is 8.19. The molecular formula is C20H25ClN2O2. The molecule has 2 rings (SSSR count). The van der Waals surface area contributed by atoms with Crippen LogP contribution in [0.3, 0.4) is 0 Å². The van der Waals surface area contributed by atoms with Crippen molar-refractivity contribution in [2.45, 2.75) is 33.1 Å². The molecule has 25 heavy (non-hydrogen) atoms. The number of para-hydroxylation sites is 1. The van der Waals surface area contributed by atoms with Crippen molar-refractivity contribution in [2.75, 3.05) is 24.3 Å². The van der Waals surface area contributed by atoms with E-state index < -0.39 is 0 Å². The van der Waals surface area contributed by atoms with Crippen LogP contribution in [-0.4, -0.2) is 19.6 Å². The third kappa shape index (κ3) is 4.89. The van der Waals surface area contributed by atoms with Crippen molar-refractivity contribution in [1.29, 1.82) is 0 Å². The number of rotatable bonds is 5. The highest BCUT2D eigenvalue weighted by molar-refractivity contribution is 6.31. The van der Waals surface area contributed by atoms with Crippen LogP contribution in [0.25, 0.3) is 0 Å². The van der Waals surface area contributed by atoms with Crippen LogP contribution in [0.5, 0.6) is 5.75 Å². The normalized spacial score (nSPS) is 11.1. The lowest BCUT2D eigenvalue weighted by Crippen LogP contribution is -2.24. The standard InChI is InChI=1S/C20H25ClN2O2/c1-13-10-17(18(25-5)11-15(13)21)22-12-19(24)23-16-9-7-6-8-14(16)20(2,3)4/h6-11,22H,12H2,1-5H3,(H,23,24). The number of ether oxygens (including phenoxy) is 1. The zero-order valence-electron chi connectivity index (χ0n) is 15.4. The minimum Gasteiger partial charge on any atom is -0.495 e. The molecule has 0 unspecified atom stereocenters. The second-order valence-electron chi connectivity index (χ2n) is 7.00. The van der Waals surface area contributed by atoms with Crippen LogP contribution < -0.4 is 15.4 Å². The summed E-state index contributed by atoms with van der Waals surface area (Å²) in [6, 6.07) is 11.5. The van der Waals surface area contributed by atoms with Gasteiger partial charge in [0.25, 0.3) is 0 Å². The van der Waals surface area contributed by atoms with Crippen molar-refractivity contribution in [3.63, 3.8) is 0 Å². The summed E-state index contributed by atoms with van der Waals surface area (Å²) in [6.45, 7) is 8.41. The molecule has 0 radical (unpaired) electrons. The lowest BCUT2D eigenvalue weighted by Gasteiger charge is -2.23. The molecule has 2 aromatic carbocycles. The van der Waals surface area contributed by atoms with E-state index in [4.69, 9.17) is 16.3 Å². The van der Waals surface area contributed by atoms with Crippen molar-refractivity contribution in [3.8, 4) is 5.75 Å². The predicted molar refractivity (Wildman–Crippen MR) is 105 cm³/mol. The fourth-order valence-electron chi connectivity index (χ4n) is 2.59. The van der Waals surface area contributed by atoms with Gasteiger partial charge in [-0.1, -0.05) is 50.6 Å². The molecular weight excluding hydrogens is 336 g/mol. The Hall–Kier alpha value is -2.20. The zero-order valence-corrected chi connectivity index (χ0v) is 16.1. The Morgan fingerprint density at radius 3 is 2.48 bits per heavy atom. The number of hydrogen-bond acceptors (Lipinski definition) is 3. The van der Waals surface area contributed by atoms with E-state index in [1.807, 2.05) is 37.3 Å². The molecule has 0 atom stereocenters. The molecule has 1 amide bonds. The molecule has 4 nitrogen and oxygen atoms in total. The van der Waals surface area contributed by atoms with E-state index in [-0.39, 0.29) is 17.9 Å². The Kier molecular flexibility index (Phi) is 5.96. The van der Waals surface area contributed by atoms with Crippen LogP contribution in [0.15, 0.2) is 36.4 Å². The molecule has 0 spiro atoms. The number of hydrogen-bond donors (Lipinski definition) is 2. The van der Waals surface area contributed by atoms with Gasteiger partial charge in [0.15, 0.2) is 0 Å². The highest BCUT2D eigenvalue weighted by Crippen LogP contribution is 2.31. The molecule has 0 aliphatic carbocycles. The van der Waals surface area contributed by atoms with E-state index in [1.165, 1.54) is 0 Å². The fourth-order valence-corrected chi connectivity index (χ4v) is 2.74. The Balaban J connectivity index is 2.09. The highest BCUT2D eigenvalue weighted by Gasteiger charge is 2.18. The third-order valence-electron chi connectivity index (χ3n) is 3.93. The first-order chi connectivity index (χ1) is 11.7. The molecule has 2 N–H and O–H groups in total. The van der Waals surface area contributed by atoms with E-state index in [1.54, 1.807) is 13.2 Å². The van der Waals surface area contributed by atoms with Gasteiger partial charge in [0.2, 0.25) is 5.91 Å². The number of carbonyl (C=O) groups is 1. The van der Waals surface area contributed by atoms with E-state index in [9.17, 15) is 4.79 Å². The number of carbonyl (C=O) groups excluding carboxylic acids is 1. The Morgan fingerprint density at radius 1 is 1.16 bits per heavy atom. The van der Waals surface area contributed by atoms with Gasteiger partial charge in [0.05, 0.1) is 19.3 Å². The molecule has 0 bridgehead atoms. The largest absolute Gasteiger partial charge is 0.495 e. The summed E-state index contributed by atoms with van der Waals surface area (Å²) in [5, 5.41) is 6.73. The molecule has 0 fully saturated rings. The number of anilines is 2. The van der Waals surface area contributed by atoms with Gasteiger partial charge in [-0.3, -0.25) is 4.79 Å². The molecule has 2 aromatic rings. The summed E-state index contributed by atoms with van der Waals surface area (Å²) >= 11 is 6.11. The lowest BCUT2D eigenvalue weighted by atomic mass is 9.86. The first-order valence-corrected chi connectivity index (χ1v) is 8.57. The van der Waals surface area contributed by atoms with Crippen LogP contribution in [0.2, 0.25) is 5.02 Å². The van der Waals surface area contributed by atoms with Crippen molar-refractivity contribution in [1.82, 2.24) is 0 Å². The lowest BCUT2D eigenvalue weighted by molar-refractivity contribution is -0.114. The molecule has 0 saturated carbocycles. The minimum absolute atomic E-state index is 0.0478. The molecule has 0 aromatic heterocycles. The van der Waals surface area contributed by atoms with Crippen LogP contribution in [-0.2, 0) is 10.2 Å². The summed E-state index contributed by atoms with van der Waals surface area (Å²) in [4.78, 5) is 12.4. The molecule has 5 heteroatoms. The number of amides is 1. The quantitative estimate of drug-likeness (QED) is 0.788. The Bertz CT molecular complexity index is 767. The fraction of sp³-hybridized carbons (Fsp3) is 0.350. The topological polar surface area (TPSA) is 50.4 Å². The predicted octanol–water partition coefficient (Wildman–Crippen LogP) is 5.01. The van der Waals surface area contributed by atoms with Gasteiger partial charge < -0.3 is 15.4 Å². The highest BCUT2D eigenvalue weighted by atomic mass is 35.5. The van der Waals surface area contributed by atoms with Crippen molar-refractivity contribution < 1.29 is 9.53 Å². The maximum Gasteiger partial charge on any atom is 0.243 e. The summed E-state index contributed by atoms with van der Waals surface area (Å²) < 4.78 is 5.32. The van der Waals surface area contributed by atoms with Gasteiger partial charge in [0, 0.05) is 16.8 Å². The van der Waals surface area contributed by atoms with E-state index in [0.717, 1.165) is 22.5 Å². The number of aryl methyl sites for hydroxylation is 1. The van der Waals surface area contributed by atoms with Gasteiger partial charge in [-0.05, 0) is 35.6 Å². The summed E-state index contributed by atoms with van der Waals surface area (Å²) in [6.07, 6.45) is 0. The Morgan fingerprint density at radius 2 is 1.84 bits per heavy atom. The molecule has 0 aliphatic rings. The average Bonchev–Trinajstić information content (AvgIpc) is 2.55. The van der Waals surface area contributed by atoms with E-state index in [2.05, 4.69) is 31.4 Å². The second kappa shape index (κ2) is 7.79. The molecule has 0 saturated heterocycles. The molecule has 0 heterocycles. The minimum atomic E-state index is -0.119. The number of benzene rings is 2. The maximum atomic E-state index is 12.4. The molecule has 0 aliphatic heterocycles. The van der Waals surface area contributed by atoms with Crippen LogP contribution in [0, 0.1) is 6.92 Å². The van der Waals surface area contributed by atoms with Crippen LogP contribution in [0.4, 0.5) is 11.4 Å². The smallest absolute Gasteiger partial charge is 0.243 e. The molecule has 134 valence electrons. The van der Waals surface area contributed by atoms with Crippen LogP contribution in [0.1, 0.15) is 31.9 Å². The monoisotopic (exact) mass is 360 g/mol. The average molecular weight is 361 g/mol. The van der Waals surface area contributed by atoms with Gasteiger partial charge >= 0.3 is 0 Å². The van der Waals surface area contributed by atoms with Gasteiger partial charge in [0.1, 0.15) is 5.75 Å². The van der Waals surface area contributed by atoms with Gasteiger partial charge in [-0.25, -0.2) is 0 Å². The van der Waals surface area contributed by atoms with E-state index in [0.29, 0.717) is 10.8 Å². The third-order valence-corrected chi connectivity index (χ3v) is 4.34. The number of methoxy groups -OCH3 is 1. The van der Waals surface area contributed by atoms with E-state index >= 15 is 0 Å². The number of halogens is 1. The summed E-state index contributed by atoms with van der Waals surface area (Å²) in [5.74, 6) is 0.491. The van der Waals surface area contributed by atoms with Gasteiger partial charge in [-0.2, -0.15) is 0 Å². The van der Waals surface area contributed by atoms with Gasteiger partial charge in [-0.15, -0.1) is 0 Å². The second-order valence-corrected chi connectivity index (χ2v) is 7.41. The summed E-state index contributed by atoms with van der Waals surface area (Å²) in [5.41, 5.74) is 3.55. The maximum absolute atomic E-state index is 12.4. The first kappa shape index (κ1) is 19.1. The Labute approximate surface area is 154 Å². The SMILES string of the molecule is COc1cc(Cl)c(C)cc1NCC(=O)Nc1ccccc1C(C)(C)C.